The highest BCUT2D eigenvalue weighted by Crippen LogP contribution is 2.22. The van der Waals surface area contributed by atoms with Crippen LogP contribution in [-0.4, -0.2) is 35.2 Å². The van der Waals surface area contributed by atoms with Gasteiger partial charge >= 0.3 is 0 Å². The average molecular weight is 316 g/mol. The SMILES string of the molecule is CCCCCC(C)NC(=O)CCN1C(=O)c2ccccc2C1=O. The maximum atomic E-state index is 12.2. The number of carbonyl (C=O) groups excluding carboxylic acids is 3. The van der Waals surface area contributed by atoms with Crippen molar-refractivity contribution in [3.63, 3.8) is 0 Å². The van der Waals surface area contributed by atoms with E-state index in [1.807, 2.05) is 6.92 Å². The molecule has 0 fully saturated rings. The third-order valence-corrected chi connectivity index (χ3v) is 4.09. The second-order valence-electron chi connectivity index (χ2n) is 6.02. The number of benzene rings is 1. The molecule has 1 aliphatic rings. The molecule has 5 nitrogen and oxygen atoms in total. The monoisotopic (exact) mass is 316 g/mol. The van der Waals surface area contributed by atoms with E-state index in [9.17, 15) is 14.4 Å². The van der Waals surface area contributed by atoms with Crippen molar-refractivity contribution in [3.8, 4) is 0 Å². The van der Waals surface area contributed by atoms with E-state index in [-0.39, 0.29) is 36.7 Å². The molecule has 1 heterocycles. The van der Waals surface area contributed by atoms with E-state index in [1.165, 1.54) is 0 Å². The van der Waals surface area contributed by atoms with Crippen LogP contribution in [0.1, 0.15) is 66.7 Å². The fraction of sp³-hybridized carbons (Fsp3) is 0.500. The number of hydrogen-bond acceptors (Lipinski definition) is 3. The van der Waals surface area contributed by atoms with Crippen LogP contribution in [0.4, 0.5) is 0 Å². The summed E-state index contributed by atoms with van der Waals surface area (Å²) in [6.45, 7) is 4.25. The highest BCUT2D eigenvalue weighted by Gasteiger charge is 2.34. The molecule has 0 aromatic heterocycles. The van der Waals surface area contributed by atoms with Crippen LogP contribution in [0.3, 0.4) is 0 Å². The topological polar surface area (TPSA) is 66.5 Å². The predicted octanol–water partition coefficient (Wildman–Crippen LogP) is 2.76. The number of unbranched alkanes of at least 4 members (excludes halogenated alkanes) is 2. The lowest BCUT2D eigenvalue weighted by Crippen LogP contribution is -2.37. The molecule has 0 bridgehead atoms. The van der Waals surface area contributed by atoms with Crippen LogP contribution >= 0.6 is 0 Å². The minimum Gasteiger partial charge on any atom is -0.354 e. The molecule has 23 heavy (non-hydrogen) atoms. The Hall–Kier alpha value is -2.17. The van der Waals surface area contributed by atoms with Gasteiger partial charge in [-0.2, -0.15) is 0 Å². The zero-order valence-corrected chi connectivity index (χ0v) is 13.8. The normalized spacial score (nSPS) is 14.8. The smallest absolute Gasteiger partial charge is 0.261 e. The van der Waals surface area contributed by atoms with E-state index in [0.29, 0.717) is 11.1 Å². The molecule has 5 heteroatoms. The Bertz CT molecular complexity index is 563. The van der Waals surface area contributed by atoms with Crippen LogP contribution in [0, 0.1) is 0 Å². The van der Waals surface area contributed by atoms with Crippen molar-refractivity contribution in [1.29, 1.82) is 0 Å². The van der Waals surface area contributed by atoms with Gasteiger partial charge in [-0.3, -0.25) is 19.3 Å². The number of imide groups is 1. The molecule has 0 saturated heterocycles. The van der Waals surface area contributed by atoms with Crippen molar-refractivity contribution in [2.75, 3.05) is 6.54 Å². The molecule has 1 aromatic rings. The molecule has 0 radical (unpaired) electrons. The summed E-state index contributed by atoms with van der Waals surface area (Å²) in [5, 5.41) is 2.93. The fourth-order valence-electron chi connectivity index (χ4n) is 2.78. The van der Waals surface area contributed by atoms with Crippen LogP contribution < -0.4 is 5.32 Å². The minimum absolute atomic E-state index is 0.120. The highest BCUT2D eigenvalue weighted by atomic mass is 16.2. The summed E-state index contributed by atoms with van der Waals surface area (Å²) in [5.41, 5.74) is 0.844. The largest absolute Gasteiger partial charge is 0.354 e. The van der Waals surface area contributed by atoms with E-state index < -0.39 is 0 Å². The maximum Gasteiger partial charge on any atom is 0.261 e. The van der Waals surface area contributed by atoms with Crippen LogP contribution in [0.15, 0.2) is 24.3 Å². The molecule has 1 aromatic carbocycles. The molecule has 1 aliphatic heterocycles. The summed E-state index contributed by atoms with van der Waals surface area (Å²) in [5.74, 6) is -0.741. The van der Waals surface area contributed by atoms with Gasteiger partial charge in [-0.15, -0.1) is 0 Å². The van der Waals surface area contributed by atoms with Gasteiger partial charge in [0.05, 0.1) is 11.1 Å². The summed E-state index contributed by atoms with van der Waals surface area (Å²) in [6.07, 6.45) is 4.50. The Morgan fingerprint density at radius 3 is 2.30 bits per heavy atom. The van der Waals surface area contributed by atoms with Crippen molar-refractivity contribution in [3.05, 3.63) is 35.4 Å². The van der Waals surface area contributed by atoms with Gasteiger partial charge in [-0.1, -0.05) is 38.3 Å². The lowest BCUT2D eigenvalue weighted by atomic mass is 10.1. The van der Waals surface area contributed by atoms with Crippen molar-refractivity contribution in [2.45, 2.75) is 52.0 Å². The second kappa shape index (κ2) is 7.90. The van der Waals surface area contributed by atoms with Crippen LogP contribution in [0.5, 0.6) is 0 Å². The lowest BCUT2D eigenvalue weighted by Gasteiger charge is -2.16. The van der Waals surface area contributed by atoms with Crippen LogP contribution in [0.2, 0.25) is 0 Å². The molecule has 1 N–H and O–H groups in total. The third kappa shape index (κ3) is 4.18. The summed E-state index contributed by atoms with van der Waals surface area (Å²) < 4.78 is 0. The first-order valence-corrected chi connectivity index (χ1v) is 8.29. The molecule has 0 saturated carbocycles. The summed E-state index contributed by atoms with van der Waals surface area (Å²) in [4.78, 5) is 37.5. The fourth-order valence-corrected chi connectivity index (χ4v) is 2.78. The molecular weight excluding hydrogens is 292 g/mol. The van der Waals surface area contributed by atoms with Gasteiger partial charge in [0.1, 0.15) is 0 Å². The Labute approximate surface area is 137 Å². The number of hydrogen-bond donors (Lipinski definition) is 1. The minimum atomic E-state index is -0.311. The van der Waals surface area contributed by atoms with Crippen LogP contribution in [0.25, 0.3) is 0 Å². The van der Waals surface area contributed by atoms with Gasteiger partial charge in [0.25, 0.3) is 11.8 Å². The summed E-state index contributed by atoms with van der Waals surface area (Å²) in [7, 11) is 0. The summed E-state index contributed by atoms with van der Waals surface area (Å²) in [6, 6.07) is 6.88. The molecule has 1 atom stereocenters. The Balaban J connectivity index is 1.81. The van der Waals surface area contributed by atoms with Crippen LogP contribution in [-0.2, 0) is 4.79 Å². The molecule has 3 amide bonds. The van der Waals surface area contributed by atoms with Crippen molar-refractivity contribution in [2.24, 2.45) is 0 Å². The van der Waals surface area contributed by atoms with Gasteiger partial charge in [0.15, 0.2) is 0 Å². The van der Waals surface area contributed by atoms with E-state index >= 15 is 0 Å². The van der Waals surface area contributed by atoms with E-state index in [2.05, 4.69) is 12.2 Å². The van der Waals surface area contributed by atoms with E-state index in [0.717, 1.165) is 30.6 Å². The molecule has 0 spiro atoms. The molecule has 124 valence electrons. The zero-order chi connectivity index (χ0) is 16.8. The highest BCUT2D eigenvalue weighted by molar-refractivity contribution is 6.21. The second-order valence-corrected chi connectivity index (χ2v) is 6.02. The first-order chi connectivity index (χ1) is 11.0. The number of amides is 3. The number of nitrogens with one attached hydrogen (secondary N) is 1. The standard InChI is InChI=1S/C18H24N2O3/c1-3-4-5-8-13(2)19-16(21)11-12-20-17(22)14-9-6-7-10-15(14)18(20)23/h6-7,9-10,13H,3-5,8,11-12H2,1-2H3,(H,19,21). The van der Waals surface area contributed by atoms with Gasteiger partial charge in [-0.05, 0) is 25.5 Å². The number of nitrogens with zero attached hydrogens (tertiary/aromatic N) is 1. The maximum absolute atomic E-state index is 12.2. The first-order valence-electron chi connectivity index (χ1n) is 8.29. The molecular formula is C18H24N2O3. The van der Waals surface area contributed by atoms with Crippen molar-refractivity contribution in [1.82, 2.24) is 10.2 Å². The Morgan fingerprint density at radius 2 is 1.74 bits per heavy atom. The van der Waals surface area contributed by atoms with Gasteiger partial charge in [0, 0.05) is 19.0 Å². The molecule has 2 rings (SSSR count). The number of fused-ring (bicyclic) bond motifs is 1. The lowest BCUT2D eigenvalue weighted by molar-refractivity contribution is -0.121. The zero-order valence-electron chi connectivity index (χ0n) is 13.8. The Kier molecular flexibility index (Phi) is 5.90. The Morgan fingerprint density at radius 1 is 1.13 bits per heavy atom. The third-order valence-electron chi connectivity index (χ3n) is 4.09. The van der Waals surface area contributed by atoms with Gasteiger partial charge < -0.3 is 5.32 Å². The number of carbonyl (C=O) groups is 3. The molecule has 1 unspecified atom stereocenters. The molecule has 0 aliphatic carbocycles. The van der Waals surface area contributed by atoms with Crippen molar-refractivity contribution < 1.29 is 14.4 Å². The average Bonchev–Trinajstić information content (AvgIpc) is 2.77. The van der Waals surface area contributed by atoms with Gasteiger partial charge in [0.2, 0.25) is 5.91 Å². The van der Waals surface area contributed by atoms with Gasteiger partial charge in [-0.25, -0.2) is 0 Å². The van der Waals surface area contributed by atoms with Crippen molar-refractivity contribution >= 4 is 17.7 Å². The van der Waals surface area contributed by atoms with E-state index in [4.69, 9.17) is 0 Å². The summed E-state index contributed by atoms with van der Waals surface area (Å²) >= 11 is 0. The van der Waals surface area contributed by atoms with E-state index in [1.54, 1.807) is 24.3 Å². The first kappa shape index (κ1) is 17.2. The predicted molar refractivity (Wildman–Crippen MR) is 88.2 cm³/mol. The number of rotatable bonds is 8. The quantitative estimate of drug-likeness (QED) is 0.592.